The molecule has 0 spiro atoms. The molecule has 0 aliphatic heterocycles. The van der Waals surface area contributed by atoms with E-state index in [-0.39, 0.29) is 6.04 Å². The molecule has 2 aromatic rings. The number of para-hydroxylation sites is 1. The highest BCUT2D eigenvalue weighted by Gasteiger charge is 2.37. The highest BCUT2D eigenvalue weighted by Crippen LogP contribution is 2.44. The topological polar surface area (TPSA) is 3.24 Å². The van der Waals surface area contributed by atoms with Crippen LogP contribution < -0.4 is 4.90 Å². The molecule has 1 nitrogen and oxygen atoms in total. The van der Waals surface area contributed by atoms with Crippen molar-refractivity contribution in [1.29, 1.82) is 0 Å². The van der Waals surface area contributed by atoms with Crippen LogP contribution in [0.1, 0.15) is 11.6 Å². The molecule has 0 radical (unpaired) electrons. The molecule has 1 atom stereocenters. The zero-order valence-corrected chi connectivity index (χ0v) is 12.7. The normalized spacial score (nSPS) is 13.1. The Hall–Kier alpha value is -0.890. The van der Waals surface area contributed by atoms with Crippen molar-refractivity contribution in [2.75, 3.05) is 11.9 Å². The summed E-state index contributed by atoms with van der Waals surface area (Å²) in [7, 11) is 1.93. The number of rotatable bonds is 3. The summed E-state index contributed by atoms with van der Waals surface area (Å²) in [6, 6.07) is 19.3. The number of hydrogen-bond donors (Lipinski definition) is 0. The van der Waals surface area contributed by atoms with Gasteiger partial charge in [0.1, 0.15) is 6.04 Å². The summed E-state index contributed by atoms with van der Waals surface area (Å²) in [5, 5.41) is 0. The van der Waals surface area contributed by atoms with E-state index in [9.17, 15) is 0 Å². The summed E-state index contributed by atoms with van der Waals surface area (Å²) in [5.74, 6) is 0. The van der Waals surface area contributed by atoms with Gasteiger partial charge in [-0.3, -0.25) is 0 Å². The third kappa shape index (κ3) is 3.56. The summed E-state index contributed by atoms with van der Waals surface area (Å²) in [6.45, 7) is 0. The molecule has 0 saturated carbocycles. The first kappa shape index (κ1) is 14.5. The second kappa shape index (κ2) is 6.04. The molecular weight excluding hydrogens is 301 g/mol. The van der Waals surface area contributed by atoms with Gasteiger partial charge >= 0.3 is 0 Å². The van der Waals surface area contributed by atoms with Gasteiger partial charge < -0.3 is 4.90 Å². The summed E-state index contributed by atoms with van der Waals surface area (Å²) in [5.41, 5.74) is 1.97. The van der Waals surface area contributed by atoms with Crippen LogP contribution in [0, 0.1) is 0 Å². The smallest absolute Gasteiger partial charge is 0.214 e. The predicted molar refractivity (Wildman–Crippen MR) is 84.3 cm³/mol. The maximum absolute atomic E-state index is 6.17. The van der Waals surface area contributed by atoms with Crippen molar-refractivity contribution in [2.45, 2.75) is 9.83 Å². The number of anilines is 1. The van der Waals surface area contributed by atoms with E-state index in [1.807, 2.05) is 72.6 Å². The second-order valence-corrected chi connectivity index (χ2v) is 6.67. The zero-order chi connectivity index (χ0) is 13.9. The molecule has 0 aromatic heterocycles. The van der Waals surface area contributed by atoms with E-state index in [4.69, 9.17) is 34.8 Å². The number of nitrogens with zero attached hydrogens (tertiary/aromatic N) is 1. The lowest BCUT2D eigenvalue weighted by Gasteiger charge is -2.35. The molecule has 2 rings (SSSR count). The predicted octanol–water partition coefficient (Wildman–Crippen LogP) is 5.23. The van der Waals surface area contributed by atoms with Crippen molar-refractivity contribution < 1.29 is 0 Å². The fraction of sp³-hybridized carbons (Fsp3) is 0.200. The van der Waals surface area contributed by atoms with Gasteiger partial charge in [0.25, 0.3) is 0 Å². The third-order valence-corrected chi connectivity index (χ3v) is 3.60. The van der Waals surface area contributed by atoms with Crippen LogP contribution in [0.5, 0.6) is 0 Å². The Morgan fingerprint density at radius 1 is 0.842 bits per heavy atom. The van der Waals surface area contributed by atoms with E-state index in [2.05, 4.69) is 0 Å². The quantitative estimate of drug-likeness (QED) is 0.701. The molecule has 1 unspecified atom stereocenters. The third-order valence-electron chi connectivity index (χ3n) is 2.98. The largest absolute Gasteiger partial charge is 0.363 e. The molecule has 19 heavy (non-hydrogen) atoms. The van der Waals surface area contributed by atoms with E-state index >= 15 is 0 Å². The van der Waals surface area contributed by atoms with Crippen molar-refractivity contribution in [3.8, 4) is 0 Å². The summed E-state index contributed by atoms with van der Waals surface area (Å²) >= 11 is 18.5. The monoisotopic (exact) mass is 313 g/mol. The van der Waals surface area contributed by atoms with E-state index in [0.29, 0.717) is 0 Å². The minimum atomic E-state index is -1.41. The molecule has 0 bridgehead atoms. The molecular formula is C15H14Cl3N. The van der Waals surface area contributed by atoms with Gasteiger partial charge in [0.2, 0.25) is 3.79 Å². The molecule has 0 saturated heterocycles. The SMILES string of the molecule is CN(c1ccccc1)C(c1ccccc1)C(Cl)(Cl)Cl. The van der Waals surface area contributed by atoms with Gasteiger partial charge in [0, 0.05) is 12.7 Å². The van der Waals surface area contributed by atoms with E-state index < -0.39 is 3.79 Å². The fourth-order valence-corrected chi connectivity index (χ4v) is 2.90. The van der Waals surface area contributed by atoms with Crippen LogP contribution in [-0.2, 0) is 0 Å². The average molecular weight is 315 g/mol. The number of benzene rings is 2. The molecule has 0 N–H and O–H groups in total. The molecule has 100 valence electrons. The standard InChI is InChI=1S/C15H14Cl3N/c1-19(13-10-6-3-7-11-13)14(15(16,17)18)12-8-4-2-5-9-12/h2-11,14H,1H3. The molecule has 4 heteroatoms. The first-order valence-corrected chi connectivity index (χ1v) is 7.03. The maximum Gasteiger partial charge on any atom is 0.214 e. The highest BCUT2D eigenvalue weighted by molar-refractivity contribution is 6.68. The van der Waals surface area contributed by atoms with Crippen LogP contribution in [0.3, 0.4) is 0 Å². The van der Waals surface area contributed by atoms with E-state index in [1.54, 1.807) is 0 Å². The summed E-state index contributed by atoms with van der Waals surface area (Å²) < 4.78 is -1.41. The zero-order valence-electron chi connectivity index (χ0n) is 10.4. The average Bonchev–Trinajstić information content (AvgIpc) is 2.39. The number of halogens is 3. The lowest BCUT2D eigenvalue weighted by atomic mass is 10.1. The van der Waals surface area contributed by atoms with Gasteiger partial charge in [-0.2, -0.15) is 0 Å². The lowest BCUT2D eigenvalue weighted by molar-refractivity contribution is 0.686. The van der Waals surface area contributed by atoms with Crippen molar-refractivity contribution in [3.63, 3.8) is 0 Å². The Balaban J connectivity index is 2.40. The van der Waals surface area contributed by atoms with Crippen LogP contribution >= 0.6 is 34.8 Å². The van der Waals surface area contributed by atoms with Crippen LogP contribution in [0.15, 0.2) is 60.7 Å². The Morgan fingerprint density at radius 3 is 1.79 bits per heavy atom. The first-order valence-electron chi connectivity index (χ1n) is 5.89. The van der Waals surface area contributed by atoms with Gasteiger partial charge in [0.05, 0.1) is 0 Å². The number of alkyl halides is 3. The van der Waals surface area contributed by atoms with Gasteiger partial charge in [-0.05, 0) is 17.7 Å². The Kier molecular flexibility index (Phi) is 4.62. The van der Waals surface area contributed by atoms with E-state index in [1.165, 1.54) is 0 Å². The summed E-state index contributed by atoms with van der Waals surface area (Å²) in [6.07, 6.45) is 0. The van der Waals surface area contributed by atoms with E-state index in [0.717, 1.165) is 11.3 Å². The van der Waals surface area contributed by atoms with Crippen LogP contribution in [0.25, 0.3) is 0 Å². The van der Waals surface area contributed by atoms with Gasteiger partial charge in [-0.25, -0.2) is 0 Å². The van der Waals surface area contributed by atoms with Crippen molar-refractivity contribution in [2.24, 2.45) is 0 Å². The van der Waals surface area contributed by atoms with Crippen molar-refractivity contribution >= 4 is 40.5 Å². The van der Waals surface area contributed by atoms with Crippen molar-refractivity contribution in [3.05, 3.63) is 66.2 Å². The van der Waals surface area contributed by atoms with Gasteiger partial charge in [0.15, 0.2) is 0 Å². The Labute approximate surface area is 128 Å². The van der Waals surface area contributed by atoms with Crippen LogP contribution in [0.4, 0.5) is 5.69 Å². The van der Waals surface area contributed by atoms with Crippen molar-refractivity contribution in [1.82, 2.24) is 0 Å². The Morgan fingerprint density at radius 2 is 1.32 bits per heavy atom. The Bertz CT molecular complexity index is 508. The van der Waals surface area contributed by atoms with Crippen LogP contribution in [0.2, 0.25) is 0 Å². The second-order valence-electron chi connectivity index (χ2n) is 4.30. The van der Waals surface area contributed by atoms with Gasteiger partial charge in [-0.15, -0.1) is 0 Å². The fourth-order valence-electron chi connectivity index (χ4n) is 2.08. The minimum Gasteiger partial charge on any atom is -0.363 e. The molecule has 0 fully saturated rings. The first-order chi connectivity index (χ1) is 9.00. The van der Waals surface area contributed by atoms with Crippen LogP contribution in [-0.4, -0.2) is 10.8 Å². The molecule has 0 heterocycles. The molecule has 0 aliphatic carbocycles. The molecule has 2 aromatic carbocycles. The lowest BCUT2D eigenvalue weighted by Crippen LogP contribution is -2.33. The minimum absolute atomic E-state index is 0.346. The molecule has 0 aliphatic rings. The number of hydrogen-bond acceptors (Lipinski definition) is 1. The van der Waals surface area contributed by atoms with Gasteiger partial charge in [-0.1, -0.05) is 83.3 Å². The maximum atomic E-state index is 6.17. The molecule has 0 amide bonds. The summed E-state index contributed by atoms with van der Waals surface area (Å²) in [4.78, 5) is 1.97. The highest BCUT2D eigenvalue weighted by atomic mass is 35.6.